The smallest absolute Gasteiger partial charge is 0.306 e. The number of hydrogen-bond donors (Lipinski definition) is 0. The summed E-state index contributed by atoms with van der Waals surface area (Å²) in [6.45, 7) is 6.54. The summed E-state index contributed by atoms with van der Waals surface area (Å²) < 4.78 is 16.9. The van der Waals surface area contributed by atoms with Crippen LogP contribution < -0.4 is 0 Å². The molecule has 0 aromatic carbocycles. The minimum atomic E-state index is -0.800. The second-order valence-corrected chi connectivity index (χ2v) is 24.8. The molecule has 0 spiro atoms. The third-order valence-electron chi connectivity index (χ3n) is 16.6. The molecule has 0 N–H and O–H groups in total. The first-order chi connectivity index (χ1) is 40.5. The van der Waals surface area contributed by atoms with Gasteiger partial charge in [-0.2, -0.15) is 0 Å². The fraction of sp³-hybridized carbons (Fsp3) is 0.855. The van der Waals surface area contributed by atoms with Gasteiger partial charge in [-0.15, -0.1) is 0 Å². The number of ether oxygens (including phenoxy) is 3. The maximum absolute atomic E-state index is 12.9. The second kappa shape index (κ2) is 70.9. The molecule has 0 saturated heterocycles. The number of unbranched alkanes of at least 4 members (excludes halogenated alkanes) is 49. The quantitative estimate of drug-likeness (QED) is 0.0261. The summed E-state index contributed by atoms with van der Waals surface area (Å²) in [7, 11) is 0. The van der Waals surface area contributed by atoms with E-state index in [1.807, 2.05) is 6.08 Å². The fourth-order valence-electron chi connectivity index (χ4n) is 11.2. The van der Waals surface area contributed by atoms with E-state index in [9.17, 15) is 14.4 Å². The first-order valence-corrected chi connectivity index (χ1v) is 36.6. The monoisotopic (exact) mass is 1150 g/mol. The van der Waals surface area contributed by atoms with E-state index in [2.05, 4.69) is 63.3 Å². The highest BCUT2D eigenvalue weighted by atomic mass is 16.6. The molecule has 0 saturated carbocycles. The predicted octanol–water partition coefficient (Wildman–Crippen LogP) is 25.3. The van der Waals surface area contributed by atoms with Crippen LogP contribution in [0, 0.1) is 0 Å². The fourth-order valence-corrected chi connectivity index (χ4v) is 11.2. The summed E-state index contributed by atoms with van der Waals surface area (Å²) in [4.78, 5) is 38.4. The van der Waals surface area contributed by atoms with Crippen LogP contribution in [0.2, 0.25) is 0 Å². The summed E-state index contributed by atoms with van der Waals surface area (Å²) in [5.41, 5.74) is 0. The van der Waals surface area contributed by atoms with Crippen molar-refractivity contribution in [1.82, 2.24) is 0 Å². The first-order valence-electron chi connectivity index (χ1n) is 36.6. The van der Waals surface area contributed by atoms with Crippen molar-refractivity contribution >= 4 is 17.9 Å². The number of carbonyl (C=O) groups excluding carboxylic acids is 3. The molecule has 1 unspecified atom stereocenters. The Morgan fingerprint density at radius 2 is 0.476 bits per heavy atom. The van der Waals surface area contributed by atoms with E-state index in [-0.39, 0.29) is 37.5 Å². The largest absolute Gasteiger partial charge is 0.462 e. The van der Waals surface area contributed by atoms with Crippen molar-refractivity contribution in [2.45, 2.75) is 406 Å². The molecule has 0 aromatic rings. The number of allylic oxidation sites excluding steroid dienone is 8. The van der Waals surface area contributed by atoms with Gasteiger partial charge in [0.15, 0.2) is 6.10 Å². The van der Waals surface area contributed by atoms with Crippen LogP contribution in [0.3, 0.4) is 0 Å². The summed E-state index contributed by atoms with van der Waals surface area (Å²) in [6, 6.07) is 0. The average Bonchev–Trinajstić information content (AvgIpc) is 3.47. The van der Waals surface area contributed by atoms with Crippen LogP contribution >= 0.6 is 0 Å². The van der Waals surface area contributed by atoms with Crippen LogP contribution in [0.1, 0.15) is 400 Å². The van der Waals surface area contributed by atoms with Crippen molar-refractivity contribution in [3.8, 4) is 0 Å². The van der Waals surface area contributed by atoms with Crippen LogP contribution in [-0.2, 0) is 28.6 Å². The highest BCUT2D eigenvalue weighted by Gasteiger charge is 2.19. The van der Waals surface area contributed by atoms with Crippen molar-refractivity contribution < 1.29 is 28.6 Å². The Balaban J connectivity index is 4.16. The summed E-state index contributed by atoms with van der Waals surface area (Å²) in [5, 5.41) is 0. The first kappa shape index (κ1) is 79.4. The van der Waals surface area contributed by atoms with Crippen LogP contribution in [0.25, 0.3) is 0 Å². The molecule has 1 atom stereocenters. The summed E-state index contributed by atoms with van der Waals surface area (Å²) in [5.74, 6) is -0.947. The molecule has 0 rings (SSSR count). The maximum Gasteiger partial charge on any atom is 0.306 e. The minimum Gasteiger partial charge on any atom is -0.462 e. The van der Waals surface area contributed by atoms with Gasteiger partial charge in [-0.05, 0) is 44.9 Å². The van der Waals surface area contributed by atoms with Crippen molar-refractivity contribution in [3.05, 3.63) is 48.6 Å². The van der Waals surface area contributed by atoms with Gasteiger partial charge in [-0.1, -0.05) is 384 Å². The third kappa shape index (κ3) is 68.2. The van der Waals surface area contributed by atoms with Crippen molar-refractivity contribution in [2.75, 3.05) is 13.2 Å². The van der Waals surface area contributed by atoms with Gasteiger partial charge in [0.25, 0.3) is 0 Å². The Kier molecular flexibility index (Phi) is 68.6. The molecule has 0 aliphatic rings. The van der Waals surface area contributed by atoms with Crippen molar-refractivity contribution in [2.24, 2.45) is 0 Å². The van der Waals surface area contributed by atoms with Gasteiger partial charge in [-0.3, -0.25) is 14.4 Å². The van der Waals surface area contributed by atoms with Crippen LogP contribution in [-0.4, -0.2) is 37.2 Å². The van der Waals surface area contributed by atoms with Gasteiger partial charge in [0, 0.05) is 19.3 Å². The van der Waals surface area contributed by atoms with E-state index in [1.165, 1.54) is 289 Å². The normalized spacial score (nSPS) is 12.3. The predicted molar refractivity (Wildman–Crippen MR) is 358 cm³/mol. The Hall–Kier alpha value is -2.63. The highest BCUT2D eigenvalue weighted by Crippen LogP contribution is 2.19. The van der Waals surface area contributed by atoms with Crippen molar-refractivity contribution in [1.29, 1.82) is 0 Å². The van der Waals surface area contributed by atoms with E-state index in [4.69, 9.17) is 14.2 Å². The van der Waals surface area contributed by atoms with Gasteiger partial charge in [0.1, 0.15) is 13.2 Å². The molecule has 0 amide bonds. The molecule has 0 heterocycles. The lowest BCUT2D eigenvalue weighted by Gasteiger charge is -2.18. The molecule has 480 valence electrons. The van der Waals surface area contributed by atoms with Gasteiger partial charge >= 0.3 is 17.9 Å². The summed E-state index contributed by atoms with van der Waals surface area (Å²) >= 11 is 0. The lowest BCUT2D eigenvalue weighted by molar-refractivity contribution is -0.166. The minimum absolute atomic E-state index is 0.0897. The molecular formula is C76H140O6. The standard InChI is InChI=1S/C76H140O6/c1-4-7-10-13-16-19-22-25-27-29-31-33-34-35-36-37-38-39-40-41-42-43-45-46-48-51-54-57-60-63-66-69-75(78)81-72-73(71-80-74(77)68-65-62-59-56-53-50-24-21-18-15-12-9-6-3)82-76(79)70-67-64-61-58-55-52-49-47-44-32-30-28-26-23-20-17-14-11-8-5-2/h9,12,18,21,50,53,59,62,73H,4-8,10-11,13-17,19-20,22-49,51-52,54-58,60-61,63-72H2,1-3H3/b12-9-,21-18-,53-50-,62-59-. The molecule has 0 aromatic heterocycles. The SMILES string of the molecule is CC/C=C\C/C=C\C/C=C\C/C=C\CCC(=O)OCC(COC(=O)CCCCCCCCCCCCCCCCCCCCCCCCCCCCCCCCC)OC(=O)CCCCCCCCCCCCCCCCCCCCCC. The van der Waals surface area contributed by atoms with Crippen LogP contribution in [0.15, 0.2) is 48.6 Å². The molecule has 0 radical (unpaired) electrons. The summed E-state index contributed by atoms with van der Waals surface area (Å²) in [6.07, 6.45) is 90.5. The van der Waals surface area contributed by atoms with E-state index < -0.39 is 6.10 Å². The van der Waals surface area contributed by atoms with E-state index >= 15 is 0 Å². The van der Waals surface area contributed by atoms with Gasteiger partial charge in [-0.25, -0.2) is 0 Å². The molecule has 6 heteroatoms. The zero-order valence-electron chi connectivity index (χ0n) is 55.3. The van der Waals surface area contributed by atoms with Gasteiger partial charge < -0.3 is 14.2 Å². The molecule has 0 aliphatic carbocycles. The van der Waals surface area contributed by atoms with Crippen molar-refractivity contribution in [3.63, 3.8) is 0 Å². The lowest BCUT2D eigenvalue weighted by atomic mass is 10.0. The average molecular weight is 1150 g/mol. The zero-order valence-corrected chi connectivity index (χ0v) is 55.3. The number of rotatable bonds is 68. The van der Waals surface area contributed by atoms with E-state index in [1.54, 1.807) is 0 Å². The lowest BCUT2D eigenvalue weighted by Crippen LogP contribution is -2.30. The van der Waals surface area contributed by atoms with E-state index in [0.29, 0.717) is 19.3 Å². The number of esters is 3. The van der Waals surface area contributed by atoms with Crippen LogP contribution in [0.5, 0.6) is 0 Å². The Morgan fingerprint density at radius 1 is 0.256 bits per heavy atom. The number of carbonyl (C=O) groups is 3. The maximum atomic E-state index is 12.9. The van der Waals surface area contributed by atoms with E-state index in [0.717, 1.165) is 64.2 Å². The number of hydrogen-bond acceptors (Lipinski definition) is 6. The molecule has 6 nitrogen and oxygen atoms in total. The third-order valence-corrected chi connectivity index (χ3v) is 16.6. The van der Waals surface area contributed by atoms with Gasteiger partial charge in [0.05, 0.1) is 0 Å². The topological polar surface area (TPSA) is 78.9 Å². The Labute approximate surface area is 511 Å². The van der Waals surface area contributed by atoms with Crippen LogP contribution in [0.4, 0.5) is 0 Å². The highest BCUT2D eigenvalue weighted by molar-refractivity contribution is 5.71. The molecule has 82 heavy (non-hydrogen) atoms. The van der Waals surface area contributed by atoms with Gasteiger partial charge in [0.2, 0.25) is 0 Å². The molecule has 0 fully saturated rings. The molecule has 0 aliphatic heterocycles. The zero-order chi connectivity index (χ0) is 59.2. The Bertz CT molecular complexity index is 1410. The second-order valence-electron chi connectivity index (χ2n) is 24.8. The molecular weight excluding hydrogens is 1010 g/mol. The Morgan fingerprint density at radius 3 is 0.744 bits per heavy atom. The molecule has 0 bridgehead atoms.